The van der Waals surface area contributed by atoms with E-state index in [-0.39, 0.29) is 11.8 Å². The maximum atomic E-state index is 13.2. The Hall–Kier alpha value is -2.58. The Morgan fingerprint density at radius 3 is 2.72 bits per heavy atom. The fourth-order valence-electron chi connectivity index (χ4n) is 3.14. The van der Waals surface area contributed by atoms with Crippen LogP contribution < -0.4 is 5.32 Å². The van der Waals surface area contributed by atoms with Crippen LogP contribution in [0.5, 0.6) is 0 Å². The number of hydrogen-bond donors (Lipinski definition) is 1. The number of amides is 2. The van der Waals surface area contributed by atoms with Gasteiger partial charge in [-0.1, -0.05) is 30.3 Å². The molecule has 1 fully saturated rings. The van der Waals surface area contributed by atoms with Crippen LogP contribution in [0.3, 0.4) is 0 Å². The van der Waals surface area contributed by atoms with Crippen molar-refractivity contribution in [2.24, 2.45) is 0 Å². The summed E-state index contributed by atoms with van der Waals surface area (Å²) in [6.45, 7) is 4.14. The minimum atomic E-state index is -0.480. The summed E-state index contributed by atoms with van der Waals surface area (Å²) in [7, 11) is 0. The van der Waals surface area contributed by atoms with E-state index in [9.17, 15) is 9.59 Å². The van der Waals surface area contributed by atoms with Gasteiger partial charge in [-0.05, 0) is 31.5 Å². The summed E-state index contributed by atoms with van der Waals surface area (Å²) in [6.07, 6.45) is 0. The molecule has 0 unspecified atom stereocenters. The van der Waals surface area contributed by atoms with Gasteiger partial charge in [-0.25, -0.2) is 4.98 Å². The van der Waals surface area contributed by atoms with Gasteiger partial charge >= 0.3 is 0 Å². The molecule has 1 aliphatic rings. The number of nitrogens with one attached hydrogen (secondary N) is 1. The van der Waals surface area contributed by atoms with Crippen molar-refractivity contribution in [3.05, 3.63) is 64.4 Å². The van der Waals surface area contributed by atoms with Crippen LogP contribution in [0.4, 0.5) is 0 Å². The number of thioether (sulfide) groups is 1. The highest BCUT2D eigenvalue weighted by atomic mass is 32.2. The van der Waals surface area contributed by atoms with Crippen LogP contribution in [-0.4, -0.2) is 39.4 Å². The average molecular weight is 428 g/mol. The first-order valence-corrected chi connectivity index (χ1v) is 11.2. The first-order valence-electron chi connectivity index (χ1n) is 9.27. The summed E-state index contributed by atoms with van der Waals surface area (Å²) in [4.78, 5) is 32.6. The predicted octanol–water partition coefficient (Wildman–Crippen LogP) is 3.85. The molecule has 2 amide bonds. The van der Waals surface area contributed by atoms with Gasteiger partial charge in [0.2, 0.25) is 5.91 Å². The fraction of sp³-hybridized carbons (Fsp3) is 0.286. The molecule has 150 valence electrons. The Morgan fingerprint density at radius 1 is 1.21 bits per heavy atom. The zero-order chi connectivity index (χ0) is 20.4. The Morgan fingerprint density at radius 2 is 2.00 bits per heavy atom. The van der Waals surface area contributed by atoms with Gasteiger partial charge < -0.3 is 14.6 Å². The number of carbonyl (C=O) groups is 2. The maximum Gasteiger partial charge on any atom is 0.267 e. The number of benzene rings is 1. The Labute approximate surface area is 177 Å². The normalized spacial score (nSPS) is 16.2. The monoisotopic (exact) mass is 427 g/mol. The van der Waals surface area contributed by atoms with Crippen LogP contribution in [0.2, 0.25) is 0 Å². The van der Waals surface area contributed by atoms with E-state index in [0.29, 0.717) is 39.5 Å². The van der Waals surface area contributed by atoms with Gasteiger partial charge in [-0.2, -0.15) is 0 Å². The first-order chi connectivity index (χ1) is 14.0. The number of furan rings is 1. The molecule has 1 atom stereocenters. The Bertz CT molecular complexity index is 1030. The maximum absolute atomic E-state index is 13.2. The Balaban J connectivity index is 1.47. The lowest BCUT2D eigenvalue weighted by Crippen LogP contribution is -2.47. The van der Waals surface area contributed by atoms with E-state index < -0.39 is 6.04 Å². The number of carbonyl (C=O) groups excluding carboxylic acids is 2. The molecule has 1 saturated heterocycles. The van der Waals surface area contributed by atoms with Crippen molar-refractivity contribution in [3.8, 4) is 10.8 Å². The molecule has 29 heavy (non-hydrogen) atoms. The number of nitrogens with zero attached hydrogens (tertiary/aromatic N) is 2. The second kappa shape index (κ2) is 8.42. The lowest BCUT2D eigenvalue weighted by molar-refractivity contribution is -0.124. The number of rotatable bonds is 5. The average Bonchev–Trinajstić information content (AvgIpc) is 3.46. The van der Waals surface area contributed by atoms with Crippen LogP contribution in [0, 0.1) is 13.8 Å². The third kappa shape index (κ3) is 4.23. The van der Waals surface area contributed by atoms with E-state index in [1.807, 2.05) is 56.3 Å². The summed E-state index contributed by atoms with van der Waals surface area (Å²) in [5.74, 6) is 2.26. The van der Waals surface area contributed by atoms with Gasteiger partial charge in [0.05, 0.1) is 11.6 Å². The van der Waals surface area contributed by atoms with E-state index in [2.05, 4.69) is 10.3 Å². The molecule has 8 heteroatoms. The molecular weight excluding hydrogens is 406 g/mol. The SMILES string of the molecule is Cc1ccc(-c2nc(C)c(C(=O)N3CSC[C@H]3C(=O)NCc3ccccc3)s2)o1. The molecule has 3 heterocycles. The largest absolute Gasteiger partial charge is 0.459 e. The van der Waals surface area contributed by atoms with Gasteiger partial charge in [0.25, 0.3) is 5.91 Å². The molecule has 0 bridgehead atoms. The summed E-state index contributed by atoms with van der Waals surface area (Å²) in [5.41, 5.74) is 1.69. The zero-order valence-corrected chi connectivity index (χ0v) is 17.8. The summed E-state index contributed by atoms with van der Waals surface area (Å²) in [5, 5.41) is 3.63. The van der Waals surface area contributed by atoms with Gasteiger partial charge in [-0.15, -0.1) is 23.1 Å². The van der Waals surface area contributed by atoms with Gasteiger partial charge in [-0.3, -0.25) is 9.59 Å². The summed E-state index contributed by atoms with van der Waals surface area (Å²) in [6, 6.07) is 13.0. The number of hydrogen-bond acceptors (Lipinski definition) is 6. The molecule has 6 nitrogen and oxygen atoms in total. The van der Waals surface area contributed by atoms with E-state index in [1.54, 1.807) is 16.7 Å². The number of thiazole rings is 1. The van der Waals surface area contributed by atoms with E-state index in [0.717, 1.165) is 11.3 Å². The first kappa shape index (κ1) is 19.7. The minimum absolute atomic E-state index is 0.128. The fourth-order valence-corrected chi connectivity index (χ4v) is 5.28. The van der Waals surface area contributed by atoms with Gasteiger partial charge in [0.1, 0.15) is 16.7 Å². The van der Waals surface area contributed by atoms with Crippen LogP contribution >= 0.6 is 23.1 Å². The lowest BCUT2D eigenvalue weighted by Gasteiger charge is -2.22. The third-order valence-electron chi connectivity index (χ3n) is 4.70. The van der Waals surface area contributed by atoms with Crippen molar-refractivity contribution in [2.75, 3.05) is 11.6 Å². The second-order valence-electron chi connectivity index (χ2n) is 6.84. The van der Waals surface area contributed by atoms with Crippen LogP contribution in [0.1, 0.15) is 26.7 Å². The Kier molecular flexibility index (Phi) is 5.73. The molecular formula is C21H21N3O3S2. The highest BCUT2D eigenvalue weighted by Gasteiger charge is 2.36. The highest BCUT2D eigenvalue weighted by Crippen LogP contribution is 2.32. The molecule has 0 aliphatic carbocycles. The molecule has 2 aromatic heterocycles. The standard InChI is InChI=1S/C21H21N3O3S2/c1-13-8-9-17(27-13)20-23-14(2)18(29-20)21(26)24-12-28-11-16(24)19(25)22-10-15-6-4-3-5-7-15/h3-9,16H,10-12H2,1-2H3,(H,22,25)/t16-/m0/s1. The molecule has 1 N–H and O–H groups in total. The van der Waals surface area contributed by atoms with Crippen molar-refractivity contribution in [2.45, 2.75) is 26.4 Å². The zero-order valence-electron chi connectivity index (χ0n) is 16.2. The molecule has 4 rings (SSSR count). The van der Waals surface area contributed by atoms with E-state index in [4.69, 9.17) is 4.42 Å². The number of aryl methyl sites for hydroxylation is 2. The quantitative estimate of drug-likeness (QED) is 0.669. The van der Waals surface area contributed by atoms with Crippen molar-refractivity contribution < 1.29 is 14.0 Å². The molecule has 1 aliphatic heterocycles. The van der Waals surface area contributed by atoms with Crippen LogP contribution in [0.25, 0.3) is 10.8 Å². The summed E-state index contributed by atoms with van der Waals surface area (Å²) < 4.78 is 5.63. The van der Waals surface area contributed by atoms with Crippen molar-refractivity contribution >= 4 is 34.9 Å². The van der Waals surface area contributed by atoms with Crippen LogP contribution in [0.15, 0.2) is 46.9 Å². The molecule has 3 aromatic rings. The lowest BCUT2D eigenvalue weighted by atomic mass is 10.2. The molecule has 0 spiro atoms. The molecule has 0 saturated carbocycles. The summed E-state index contributed by atoms with van der Waals surface area (Å²) >= 11 is 2.89. The highest BCUT2D eigenvalue weighted by molar-refractivity contribution is 7.99. The van der Waals surface area contributed by atoms with Gasteiger partial charge in [0.15, 0.2) is 10.8 Å². The second-order valence-corrected chi connectivity index (χ2v) is 8.84. The number of aromatic nitrogens is 1. The third-order valence-corrected chi connectivity index (χ3v) is 6.87. The van der Waals surface area contributed by atoms with Crippen molar-refractivity contribution in [1.29, 1.82) is 0 Å². The van der Waals surface area contributed by atoms with Crippen LogP contribution in [-0.2, 0) is 11.3 Å². The molecule has 0 radical (unpaired) electrons. The molecule has 1 aromatic carbocycles. The predicted molar refractivity (Wildman–Crippen MR) is 115 cm³/mol. The van der Waals surface area contributed by atoms with E-state index in [1.165, 1.54) is 11.3 Å². The van der Waals surface area contributed by atoms with Gasteiger partial charge in [0, 0.05) is 12.3 Å². The smallest absolute Gasteiger partial charge is 0.267 e. The van der Waals surface area contributed by atoms with Crippen molar-refractivity contribution in [1.82, 2.24) is 15.2 Å². The van der Waals surface area contributed by atoms with Crippen molar-refractivity contribution in [3.63, 3.8) is 0 Å². The topological polar surface area (TPSA) is 75.4 Å². The van der Waals surface area contributed by atoms with E-state index >= 15 is 0 Å². The minimum Gasteiger partial charge on any atom is -0.459 e.